The third kappa shape index (κ3) is 3.71. The first kappa shape index (κ1) is 10.4. The molecule has 0 aliphatic carbocycles. The molecule has 2 N–H and O–H groups in total. The minimum atomic E-state index is -1.41. The minimum absolute atomic E-state index is 0.0303. The van der Waals surface area contributed by atoms with Crippen LogP contribution in [0.3, 0.4) is 0 Å². The number of carboxylic acids is 1. The van der Waals surface area contributed by atoms with E-state index in [9.17, 15) is 4.79 Å². The first-order chi connectivity index (χ1) is 6.20. The van der Waals surface area contributed by atoms with Crippen molar-refractivity contribution in [1.82, 2.24) is 0 Å². The number of aliphatic carboxylic acids is 1. The summed E-state index contributed by atoms with van der Waals surface area (Å²) in [6, 6.07) is 0. The van der Waals surface area contributed by atoms with Crippen molar-refractivity contribution in [3.8, 4) is 0 Å². The molecule has 0 aromatic heterocycles. The quantitative estimate of drug-likeness (QED) is 0.632. The number of carboxylic acid groups (broad SMARTS) is 1. The van der Waals surface area contributed by atoms with Gasteiger partial charge in [-0.05, 0) is 12.8 Å². The standard InChI is InChI=1S/C8H14O5/c9-7(8(10)11)5-13-6-1-3-12-4-2-6/h6-7,9H,1-5H2,(H,10,11)/t7-/m1/s1. The molecule has 1 fully saturated rings. The molecule has 0 radical (unpaired) electrons. The molecule has 1 aliphatic rings. The molecule has 0 bridgehead atoms. The Morgan fingerprint density at radius 1 is 1.54 bits per heavy atom. The SMILES string of the molecule is O=C(O)[C@H](O)COC1CCOCC1. The summed E-state index contributed by atoms with van der Waals surface area (Å²) in [4.78, 5) is 10.2. The third-order valence-corrected chi connectivity index (χ3v) is 1.94. The molecule has 0 unspecified atom stereocenters. The number of ether oxygens (including phenoxy) is 2. The fourth-order valence-electron chi connectivity index (χ4n) is 1.14. The average molecular weight is 190 g/mol. The van der Waals surface area contributed by atoms with Crippen molar-refractivity contribution in [2.75, 3.05) is 19.8 Å². The molecule has 5 heteroatoms. The molecule has 1 aliphatic heterocycles. The first-order valence-electron chi connectivity index (χ1n) is 4.30. The van der Waals surface area contributed by atoms with Gasteiger partial charge in [-0.1, -0.05) is 0 Å². The lowest BCUT2D eigenvalue weighted by Crippen LogP contribution is -2.31. The van der Waals surface area contributed by atoms with E-state index in [0.717, 1.165) is 12.8 Å². The van der Waals surface area contributed by atoms with Gasteiger partial charge in [0.2, 0.25) is 0 Å². The largest absolute Gasteiger partial charge is 0.479 e. The van der Waals surface area contributed by atoms with Crippen LogP contribution in [0.2, 0.25) is 0 Å². The van der Waals surface area contributed by atoms with Gasteiger partial charge in [0.25, 0.3) is 0 Å². The van der Waals surface area contributed by atoms with Crippen LogP contribution in [0.1, 0.15) is 12.8 Å². The van der Waals surface area contributed by atoms with Gasteiger partial charge in [-0.25, -0.2) is 4.79 Å². The van der Waals surface area contributed by atoms with E-state index < -0.39 is 12.1 Å². The molecular formula is C8H14O5. The summed E-state index contributed by atoms with van der Waals surface area (Å²) in [5.74, 6) is -1.24. The number of hydrogen-bond donors (Lipinski definition) is 2. The van der Waals surface area contributed by atoms with E-state index in [4.69, 9.17) is 19.7 Å². The number of rotatable bonds is 4. The number of hydrogen-bond acceptors (Lipinski definition) is 4. The lowest BCUT2D eigenvalue weighted by atomic mass is 10.1. The monoisotopic (exact) mass is 190 g/mol. The molecule has 13 heavy (non-hydrogen) atoms. The lowest BCUT2D eigenvalue weighted by Gasteiger charge is -2.22. The zero-order valence-corrected chi connectivity index (χ0v) is 7.31. The van der Waals surface area contributed by atoms with E-state index in [0.29, 0.717) is 13.2 Å². The van der Waals surface area contributed by atoms with Gasteiger partial charge >= 0.3 is 5.97 Å². The Balaban J connectivity index is 2.13. The van der Waals surface area contributed by atoms with Crippen LogP contribution in [0.4, 0.5) is 0 Å². The van der Waals surface area contributed by atoms with Crippen molar-refractivity contribution in [2.45, 2.75) is 25.0 Å². The third-order valence-electron chi connectivity index (χ3n) is 1.94. The highest BCUT2D eigenvalue weighted by atomic mass is 16.5. The highest BCUT2D eigenvalue weighted by Crippen LogP contribution is 2.10. The molecule has 0 spiro atoms. The van der Waals surface area contributed by atoms with E-state index in [-0.39, 0.29) is 12.7 Å². The molecule has 0 aromatic rings. The van der Waals surface area contributed by atoms with Crippen LogP contribution in [-0.2, 0) is 14.3 Å². The van der Waals surface area contributed by atoms with Crippen molar-refractivity contribution >= 4 is 5.97 Å². The van der Waals surface area contributed by atoms with Gasteiger partial charge in [-0.2, -0.15) is 0 Å². The second kappa shape index (κ2) is 5.16. The molecule has 1 heterocycles. The summed E-state index contributed by atoms with van der Waals surface area (Å²) in [6.45, 7) is 1.15. The number of aliphatic hydroxyl groups is 1. The highest BCUT2D eigenvalue weighted by molar-refractivity contribution is 5.71. The van der Waals surface area contributed by atoms with Crippen molar-refractivity contribution < 1.29 is 24.5 Å². The summed E-state index contributed by atoms with van der Waals surface area (Å²) >= 11 is 0. The van der Waals surface area contributed by atoms with Crippen LogP contribution in [0.15, 0.2) is 0 Å². The summed E-state index contributed by atoms with van der Waals surface area (Å²) in [5.41, 5.74) is 0. The second-order valence-electron chi connectivity index (χ2n) is 3.00. The fraction of sp³-hybridized carbons (Fsp3) is 0.875. The Kier molecular flexibility index (Phi) is 4.14. The van der Waals surface area contributed by atoms with Crippen molar-refractivity contribution in [2.24, 2.45) is 0 Å². The van der Waals surface area contributed by atoms with Gasteiger partial charge in [0.05, 0.1) is 12.7 Å². The Morgan fingerprint density at radius 2 is 2.15 bits per heavy atom. The van der Waals surface area contributed by atoms with Crippen LogP contribution < -0.4 is 0 Å². The first-order valence-corrected chi connectivity index (χ1v) is 4.30. The van der Waals surface area contributed by atoms with E-state index >= 15 is 0 Å². The number of carbonyl (C=O) groups is 1. The van der Waals surface area contributed by atoms with Crippen LogP contribution in [0.25, 0.3) is 0 Å². The zero-order valence-electron chi connectivity index (χ0n) is 7.31. The maximum Gasteiger partial charge on any atom is 0.334 e. The van der Waals surface area contributed by atoms with Gasteiger partial charge in [0.1, 0.15) is 0 Å². The van der Waals surface area contributed by atoms with Crippen LogP contribution in [0.5, 0.6) is 0 Å². The van der Waals surface area contributed by atoms with E-state index in [2.05, 4.69) is 0 Å². The Hall–Kier alpha value is -0.650. The molecule has 0 amide bonds. The normalized spacial score (nSPS) is 21.3. The van der Waals surface area contributed by atoms with Crippen molar-refractivity contribution in [3.63, 3.8) is 0 Å². The maximum atomic E-state index is 10.2. The predicted molar refractivity (Wildman–Crippen MR) is 43.4 cm³/mol. The molecule has 0 aromatic carbocycles. The Morgan fingerprint density at radius 3 is 2.69 bits per heavy atom. The summed E-state index contributed by atoms with van der Waals surface area (Å²) in [7, 11) is 0. The smallest absolute Gasteiger partial charge is 0.334 e. The lowest BCUT2D eigenvalue weighted by molar-refractivity contribution is -0.152. The summed E-state index contributed by atoms with van der Waals surface area (Å²) < 4.78 is 10.3. The van der Waals surface area contributed by atoms with E-state index in [1.165, 1.54) is 0 Å². The van der Waals surface area contributed by atoms with E-state index in [1.807, 2.05) is 0 Å². The van der Waals surface area contributed by atoms with Crippen molar-refractivity contribution in [1.29, 1.82) is 0 Å². The van der Waals surface area contributed by atoms with Crippen LogP contribution in [-0.4, -0.2) is 48.2 Å². The molecule has 5 nitrogen and oxygen atoms in total. The van der Waals surface area contributed by atoms with Gasteiger partial charge in [0.15, 0.2) is 6.10 Å². The van der Waals surface area contributed by atoms with Gasteiger partial charge < -0.3 is 19.7 Å². The molecular weight excluding hydrogens is 176 g/mol. The van der Waals surface area contributed by atoms with E-state index in [1.54, 1.807) is 0 Å². The molecule has 0 saturated carbocycles. The minimum Gasteiger partial charge on any atom is -0.479 e. The zero-order chi connectivity index (χ0) is 9.68. The second-order valence-corrected chi connectivity index (χ2v) is 3.00. The molecule has 1 rings (SSSR count). The van der Waals surface area contributed by atoms with Crippen LogP contribution >= 0.6 is 0 Å². The molecule has 76 valence electrons. The topological polar surface area (TPSA) is 76.0 Å². The Labute approximate surface area is 76.3 Å². The van der Waals surface area contributed by atoms with Crippen LogP contribution in [0, 0.1) is 0 Å². The van der Waals surface area contributed by atoms with Gasteiger partial charge in [-0.3, -0.25) is 0 Å². The molecule has 1 saturated heterocycles. The van der Waals surface area contributed by atoms with Gasteiger partial charge in [-0.15, -0.1) is 0 Å². The highest BCUT2D eigenvalue weighted by Gasteiger charge is 2.18. The predicted octanol–water partition coefficient (Wildman–Crippen LogP) is -0.373. The summed E-state index contributed by atoms with van der Waals surface area (Å²) in [6.07, 6.45) is 0.157. The van der Waals surface area contributed by atoms with Crippen molar-refractivity contribution in [3.05, 3.63) is 0 Å². The fourth-order valence-corrected chi connectivity index (χ4v) is 1.14. The summed E-state index contributed by atoms with van der Waals surface area (Å²) in [5, 5.41) is 17.3. The average Bonchev–Trinajstić information content (AvgIpc) is 2.15. The maximum absolute atomic E-state index is 10.2. The Bertz CT molecular complexity index is 164. The number of aliphatic hydroxyl groups excluding tert-OH is 1. The molecule has 1 atom stereocenters. The van der Waals surface area contributed by atoms with Gasteiger partial charge in [0, 0.05) is 13.2 Å².